The molecule has 9 heteroatoms. The topological polar surface area (TPSA) is 119 Å². The third kappa shape index (κ3) is 5.84. The maximum absolute atomic E-state index is 12.0. The highest BCUT2D eigenvalue weighted by Crippen LogP contribution is 2.37. The number of carbonyl (C=O) groups excluding carboxylic acids is 1. The van der Waals surface area contributed by atoms with Crippen LogP contribution in [-0.4, -0.2) is 34.5 Å². The zero-order valence-corrected chi connectivity index (χ0v) is 18.7. The molecule has 1 saturated heterocycles. The van der Waals surface area contributed by atoms with E-state index in [-0.39, 0.29) is 17.2 Å². The molecule has 33 heavy (non-hydrogen) atoms. The SMILES string of the molecule is O=COC(CC1CCNCC1)c1ncnc(Nc2ccc(C3CCCCC3)cc2)c1[N+](=O)[O-]. The first kappa shape index (κ1) is 23.1. The van der Waals surface area contributed by atoms with Gasteiger partial charge in [-0.25, -0.2) is 9.97 Å². The minimum Gasteiger partial charge on any atom is -0.458 e. The lowest BCUT2D eigenvalue weighted by Crippen LogP contribution is -2.29. The van der Waals surface area contributed by atoms with Crippen LogP contribution in [0, 0.1) is 16.0 Å². The molecule has 2 aliphatic rings. The van der Waals surface area contributed by atoms with Crippen LogP contribution in [0.2, 0.25) is 0 Å². The van der Waals surface area contributed by atoms with E-state index in [0.29, 0.717) is 30.4 Å². The first-order chi connectivity index (χ1) is 16.2. The van der Waals surface area contributed by atoms with Crippen molar-refractivity contribution in [3.63, 3.8) is 0 Å². The Labute approximate surface area is 193 Å². The fraction of sp³-hybridized carbons (Fsp3) is 0.542. The minimum atomic E-state index is -0.789. The lowest BCUT2D eigenvalue weighted by Gasteiger charge is -2.26. The smallest absolute Gasteiger partial charge is 0.336 e. The van der Waals surface area contributed by atoms with E-state index in [1.165, 1.54) is 44.0 Å². The van der Waals surface area contributed by atoms with Crippen LogP contribution in [0.4, 0.5) is 17.2 Å². The van der Waals surface area contributed by atoms with Crippen molar-refractivity contribution in [1.82, 2.24) is 15.3 Å². The van der Waals surface area contributed by atoms with Crippen LogP contribution < -0.4 is 10.6 Å². The summed E-state index contributed by atoms with van der Waals surface area (Å²) in [6.07, 6.45) is 9.10. The average Bonchev–Trinajstić information content (AvgIpc) is 2.85. The average molecular weight is 454 g/mol. The van der Waals surface area contributed by atoms with Gasteiger partial charge in [0.25, 0.3) is 6.47 Å². The summed E-state index contributed by atoms with van der Waals surface area (Å²) in [5, 5.41) is 18.4. The van der Waals surface area contributed by atoms with Gasteiger partial charge in [-0.05, 0) is 74.7 Å². The highest BCUT2D eigenvalue weighted by atomic mass is 16.6. The Kier molecular flexibility index (Phi) is 7.83. The summed E-state index contributed by atoms with van der Waals surface area (Å²) < 4.78 is 5.29. The first-order valence-corrected chi connectivity index (χ1v) is 11.8. The highest BCUT2D eigenvalue weighted by molar-refractivity contribution is 5.67. The van der Waals surface area contributed by atoms with Crippen LogP contribution in [-0.2, 0) is 9.53 Å². The first-order valence-electron chi connectivity index (χ1n) is 11.8. The number of rotatable bonds is 9. The molecule has 1 aromatic heterocycles. The molecule has 2 heterocycles. The van der Waals surface area contributed by atoms with Crippen LogP contribution in [0.3, 0.4) is 0 Å². The number of carbonyl (C=O) groups is 1. The lowest BCUT2D eigenvalue weighted by molar-refractivity contribution is -0.385. The number of benzene rings is 1. The van der Waals surface area contributed by atoms with Gasteiger partial charge in [-0.3, -0.25) is 14.9 Å². The number of nitrogens with zero attached hydrogens (tertiary/aromatic N) is 3. The van der Waals surface area contributed by atoms with E-state index in [9.17, 15) is 14.9 Å². The number of nitro groups is 1. The molecule has 0 radical (unpaired) electrons. The zero-order chi connectivity index (χ0) is 23.0. The van der Waals surface area contributed by atoms with Gasteiger partial charge in [-0.15, -0.1) is 0 Å². The fourth-order valence-electron chi connectivity index (χ4n) is 5.03. The molecule has 9 nitrogen and oxygen atoms in total. The van der Waals surface area contributed by atoms with Crippen LogP contribution >= 0.6 is 0 Å². The van der Waals surface area contributed by atoms with Crippen LogP contribution in [0.25, 0.3) is 0 Å². The van der Waals surface area contributed by atoms with Crippen LogP contribution in [0.1, 0.15) is 74.6 Å². The molecule has 2 fully saturated rings. The Morgan fingerprint density at radius 1 is 1.12 bits per heavy atom. The summed E-state index contributed by atoms with van der Waals surface area (Å²) in [6.45, 7) is 2.11. The quantitative estimate of drug-likeness (QED) is 0.316. The number of ether oxygens (including phenoxy) is 1. The number of anilines is 2. The molecule has 4 rings (SSSR count). The third-order valence-electron chi connectivity index (χ3n) is 6.81. The molecule has 1 aliphatic heterocycles. The number of piperidine rings is 1. The monoisotopic (exact) mass is 453 g/mol. The number of aromatic nitrogens is 2. The number of hydrogen-bond donors (Lipinski definition) is 2. The molecular weight excluding hydrogens is 422 g/mol. The highest BCUT2D eigenvalue weighted by Gasteiger charge is 2.32. The minimum absolute atomic E-state index is 0.0974. The second kappa shape index (κ2) is 11.2. The number of nitrogens with one attached hydrogen (secondary N) is 2. The van der Waals surface area contributed by atoms with Crippen molar-refractivity contribution in [3.8, 4) is 0 Å². The van der Waals surface area contributed by atoms with E-state index in [1.807, 2.05) is 12.1 Å². The summed E-state index contributed by atoms with van der Waals surface area (Å²) in [4.78, 5) is 31.0. The van der Waals surface area contributed by atoms with Crippen molar-refractivity contribution in [2.75, 3.05) is 18.4 Å². The van der Waals surface area contributed by atoms with Gasteiger partial charge in [-0.2, -0.15) is 0 Å². The van der Waals surface area contributed by atoms with Crippen molar-refractivity contribution >= 4 is 23.7 Å². The molecule has 0 spiro atoms. The second-order valence-electron chi connectivity index (χ2n) is 8.95. The van der Waals surface area contributed by atoms with Crippen molar-refractivity contribution in [2.24, 2.45) is 5.92 Å². The predicted octanol–water partition coefficient (Wildman–Crippen LogP) is 4.78. The molecule has 2 aromatic rings. The van der Waals surface area contributed by atoms with Crippen molar-refractivity contribution in [1.29, 1.82) is 0 Å². The van der Waals surface area contributed by atoms with Gasteiger partial charge in [-0.1, -0.05) is 31.4 Å². The fourth-order valence-corrected chi connectivity index (χ4v) is 5.03. The maximum Gasteiger partial charge on any atom is 0.336 e. The Bertz CT molecular complexity index is 940. The molecule has 0 amide bonds. The van der Waals surface area contributed by atoms with Crippen molar-refractivity contribution in [2.45, 2.75) is 63.4 Å². The van der Waals surface area contributed by atoms with E-state index >= 15 is 0 Å². The molecule has 0 bridgehead atoms. The molecule has 1 aliphatic carbocycles. The van der Waals surface area contributed by atoms with Gasteiger partial charge in [0.2, 0.25) is 5.82 Å². The van der Waals surface area contributed by atoms with Gasteiger partial charge in [0, 0.05) is 5.69 Å². The van der Waals surface area contributed by atoms with E-state index < -0.39 is 11.0 Å². The largest absolute Gasteiger partial charge is 0.458 e. The van der Waals surface area contributed by atoms with Crippen LogP contribution in [0.15, 0.2) is 30.6 Å². The molecular formula is C24H31N5O4. The zero-order valence-electron chi connectivity index (χ0n) is 18.7. The van der Waals surface area contributed by atoms with Gasteiger partial charge >= 0.3 is 5.69 Å². The second-order valence-corrected chi connectivity index (χ2v) is 8.95. The van der Waals surface area contributed by atoms with Crippen LogP contribution in [0.5, 0.6) is 0 Å². The normalized spacial score (nSPS) is 18.4. The Balaban J connectivity index is 1.56. The summed E-state index contributed by atoms with van der Waals surface area (Å²) in [6, 6.07) is 8.04. The van der Waals surface area contributed by atoms with E-state index in [0.717, 1.165) is 25.9 Å². The molecule has 2 N–H and O–H groups in total. The third-order valence-corrected chi connectivity index (χ3v) is 6.81. The standard InChI is InChI=1S/C24H31N5O4/c30-16-33-21(14-17-10-12-25-13-11-17)22-23(29(31)32)24(27-15-26-22)28-20-8-6-19(7-9-20)18-4-2-1-3-5-18/h6-9,15-18,21,25H,1-5,10-14H2,(H,26,27,28). The van der Waals surface area contributed by atoms with Crippen molar-refractivity contribution in [3.05, 3.63) is 52.0 Å². The molecule has 1 aromatic carbocycles. The lowest BCUT2D eigenvalue weighted by atomic mass is 9.84. The molecule has 1 unspecified atom stereocenters. The molecule has 1 atom stereocenters. The summed E-state index contributed by atoms with van der Waals surface area (Å²) in [5.41, 5.74) is 1.89. The summed E-state index contributed by atoms with van der Waals surface area (Å²) in [7, 11) is 0. The summed E-state index contributed by atoms with van der Waals surface area (Å²) >= 11 is 0. The Hall–Kier alpha value is -3.07. The predicted molar refractivity (Wildman–Crippen MR) is 124 cm³/mol. The maximum atomic E-state index is 12.0. The van der Waals surface area contributed by atoms with Gasteiger partial charge in [0.05, 0.1) is 4.92 Å². The van der Waals surface area contributed by atoms with Crippen molar-refractivity contribution < 1.29 is 14.5 Å². The Morgan fingerprint density at radius 3 is 2.52 bits per heavy atom. The van der Waals surface area contributed by atoms with E-state index in [2.05, 4.69) is 32.7 Å². The van der Waals surface area contributed by atoms with Gasteiger partial charge in [0.15, 0.2) is 11.8 Å². The molecule has 1 saturated carbocycles. The van der Waals surface area contributed by atoms with E-state index in [1.54, 1.807) is 0 Å². The summed E-state index contributed by atoms with van der Waals surface area (Å²) in [5.74, 6) is 0.985. The van der Waals surface area contributed by atoms with Gasteiger partial charge in [0.1, 0.15) is 6.33 Å². The number of hydrogen-bond acceptors (Lipinski definition) is 8. The Morgan fingerprint density at radius 2 is 1.85 bits per heavy atom. The van der Waals surface area contributed by atoms with Gasteiger partial charge < -0.3 is 15.4 Å². The van der Waals surface area contributed by atoms with E-state index in [4.69, 9.17) is 4.74 Å². The molecule has 176 valence electrons.